The van der Waals surface area contributed by atoms with E-state index in [4.69, 9.17) is 0 Å². The summed E-state index contributed by atoms with van der Waals surface area (Å²) in [6, 6.07) is 5.49. The first kappa shape index (κ1) is 13.5. The van der Waals surface area contributed by atoms with Crippen molar-refractivity contribution in [3.8, 4) is 0 Å². The molecule has 2 heterocycles. The number of rotatable bonds is 4. The van der Waals surface area contributed by atoms with E-state index in [-0.39, 0.29) is 10.6 Å². The van der Waals surface area contributed by atoms with Gasteiger partial charge in [0.25, 0.3) is 5.69 Å². The van der Waals surface area contributed by atoms with Crippen LogP contribution in [0.15, 0.2) is 29.2 Å². The molecule has 1 aromatic rings. The van der Waals surface area contributed by atoms with E-state index in [0.29, 0.717) is 24.9 Å². The Balaban J connectivity index is 1.81. The van der Waals surface area contributed by atoms with Gasteiger partial charge in [-0.2, -0.15) is 4.31 Å². The number of benzene rings is 1. The average molecular weight is 297 g/mol. The number of nitrogens with one attached hydrogen (secondary N) is 1. The summed E-state index contributed by atoms with van der Waals surface area (Å²) < 4.78 is 26.2. The van der Waals surface area contributed by atoms with E-state index in [1.807, 2.05) is 0 Å². The molecule has 2 saturated heterocycles. The van der Waals surface area contributed by atoms with Crippen LogP contribution in [0.25, 0.3) is 0 Å². The van der Waals surface area contributed by atoms with E-state index in [9.17, 15) is 18.5 Å². The molecule has 0 atom stereocenters. The van der Waals surface area contributed by atoms with Gasteiger partial charge in [0.15, 0.2) is 4.90 Å². The first-order valence-electron chi connectivity index (χ1n) is 6.44. The van der Waals surface area contributed by atoms with Gasteiger partial charge >= 0.3 is 0 Å². The van der Waals surface area contributed by atoms with Crippen molar-refractivity contribution >= 4 is 15.7 Å². The van der Waals surface area contributed by atoms with Gasteiger partial charge in [0, 0.05) is 19.2 Å². The minimum atomic E-state index is -3.76. The van der Waals surface area contributed by atoms with E-state index in [1.54, 1.807) is 0 Å². The molecule has 108 valence electrons. The lowest BCUT2D eigenvalue weighted by Gasteiger charge is -2.45. The van der Waals surface area contributed by atoms with Crippen molar-refractivity contribution in [2.45, 2.75) is 4.90 Å². The third-order valence-electron chi connectivity index (χ3n) is 4.04. The molecule has 0 aromatic heterocycles. The lowest BCUT2D eigenvalue weighted by molar-refractivity contribution is -0.387. The summed E-state index contributed by atoms with van der Waals surface area (Å²) in [5.41, 5.74) is -0.360. The summed E-state index contributed by atoms with van der Waals surface area (Å²) in [5.74, 6) is 0.904. The summed E-state index contributed by atoms with van der Waals surface area (Å²) in [6.45, 7) is 2.79. The van der Waals surface area contributed by atoms with Gasteiger partial charge in [0.05, 0.1) is 4.92 Å². The van der Waals surface area contributed by atoms with Crippen LogP contribution in [-0.2, 0) is 10.0 Å². The maximum absolute atomic E-state index is 12.4. The smallest absolute Gasteiger partial charge is 0.289 e. The van der Waals surface area contributed by atoms with E-state index in [0.717, 1.165) is 13.1 Å². The lowest BCUT2D eigenvalue weighted by Crippen LogP contribution is -2.59. The number of sulfonamides is 1. The molecule has 8 heteroatoms. The van der Waals surface area contributed by atoms with Crippen molar-refractivity contribution in [2.75, 3.05) is 26.2 Å². The molecule has 0 amide bonds. The SMILES string of the molecule is O=[N+]([O-])c1ccccc1S(=O)(=O)N1CC(C2CNC2)C1. The van der Waals surface area contributed by atoms with Gasteiger partial charge in [-0.25, -0.2) is 8.42 Å². The molecule has 0 aliphatic carbocycles. The molecule has 1 aromatic carbocycles. The zero-order valence-electron chi connectivity index (χ0n) is 10.7. The van der Waals surface area contributed by atoms with Crippen LogP contribution in [0.4, 0.5) is 5.69 Å². The number of para-hydroxylation sites is 1. The van der Waals surface area contributed by atoms with Crippen LogP contribution in [0.1, 0.15) is 0 Å². The second kappa shape index (κ2) is 4.80. The highest BCUT2D eigenvalue weighted by Gasteiger charge is 2.43. The highest BCUT2D eigenvalue weighted by atomic mass is 32.2. The molecule has 0 radical (unpaired) electrons. The maximum Gasteiger partial charge on any atom is 0.289 e. The van der Waals surface area contributed by atoms with E-state index >= 15 is 0 Å². The predicted octanol–water partition coefficient (Wildman–Crippen LogP) is 0.435. The molecule has 0 spiro atoms. The third-order valence-corrected chi connectivity index (χ3v) is 5.91. The van der Waals surface area contributed by atoms with Crippen LogP contribution in [0.5, 0.6) is 0 Å². The number of hydrogen-bond donors (Lipinski definition) is 1. The highest BCUT2D eigenvalue weighted by Crippen LogP contribution is 2.34. The maximum atomic E-state index is 12.4. The van der Waals surface area contributed by atoms with Crippen LogP contribution >= 0.6 is 0 Å². The molecular formula is C12H15N3O4S. The molecule has 20 heavy (non-hydrogen) atoms. The Bertz CT molecular complexity index is 636. The van der Waals surface area contributed by atoms with Gasteiger partial charge in [0.1, 0.15) is 0 Å². The van der Waals surface area contributed by atoms with Gasteiger partial charge in [-0.05, 0) is 31.0 Å². The second-order valence-electron chi connectivity index (χ2n) is 5.23. The summed E-state index contributed by atoms with van der Waals surface area (Å²) >= 11 is 0. The Hall–Kier alpha value is -1.51. The van der Waals surface area contributed by atoms with Crippen molar-refractivity contribution in [3.63, 3.8) is 0 Å². The fourth-order valence-corrected chi connectivity index (χ4v) is 4.28. The summed E-state index contributed by atoms with van der Waals surface area (Å²) in [7, 11) is -3.76. The highest BCUT2D eigenvalue weighted by molar-refractivity contribution is 7.89. The minimum Gasteiger partial charge on any atom is -0.316 e. The Morgan fingerprint density at radius 2 is 1.85 bits per heavy atom. The number of nitro benzene ring substituents is 1. The first-order valence-corrected chi connectivity index (χ1v) is 7.88. The first-order chi connectivity index (χ1) is 9.50. The Labute approximate surface area is 116 Å². The molecule has 2 aliphatic rings. The van der Waals surface area contributed by atoms with Crippen LogP contribution in [-0.4, -0.2) is 43.8 Å². The molecule has 0 bridgehead atoms. The van der Waals surface area contributed by atoms with Gasteiger partial charge in [-0.15, -0.1) is 0 Å². The summed E-state index contributed by atoms with van der Waals surface area (Å²) in [6.07, 6.45) is 0. The van der Waals surface area contributed by atoms with Crippen LogP contribution in [0, 0.1) is 22.0 Å². The predicted molar refractivity (Wildman–Crippen MR) is 71.7 cm³/mol. The number of nitrogens with zero attached hydrogens (tertiary/aromatic N) is 2. The van der Waals surface area contributed by atoms with E-state index in [1.165, 1.54) is 28.6 Å². The summed E-state index contributed by atoms with van der Waals surface area (Å²) in [5, 5.41) is 14.1. The standard InChI is InChI=1S/C12H15N3O4S/c16-15(17)11-3-1-2-4-12(11)20(18,19)14-7-10(8-14)9-5-13-6-9/h1-4,9-10,13H,5-8H2. The van der Waals surface area contributed by atoms with Crippen LogP contribution in [0.2, 0.25) is 0 Å². The average Bonchev–Trinajstić information content (AvgIpc) is 2.30. The largest absolute Gasteiger partial charge is 0.316 e. The molecule has 0 saturated carbocycles. The molecule has 0 unspecified atom stereocenters. The monoisotopic (exact) mass is 297 g/mol. The Morgan fingerprint density at radius 3 is 2.40 bits per heavy atom. The fraction of sp³-hybridized carbons (Fsp3) is 0.500. The molecule has 2 aliphatic heterocycles. The lowest BCUT2D eigenvalue weighted by atomic mass is 9.83. The number of hydrogen-bond acceptors (Lipinski definition) is 5. The molecule has 2 fully saturated rings. The van der Waals surface area contributed by atoms with E-state index < -0.39 is 14.9 Å². The quantitative estimate of drug-likeness (QED) is 0.643. The van der Waals surface area contributed by atoms with Gasteiger partial charge < -0.3 is 5.32 Å². The zero-order valence-corrected chi connectivity index (χ0v) is 11.5. The molecular weight excluding hydrogens is 282 g/mol. The molecule has 3 rings (SSSR count). The number of nitro groups is 1. The van der Waals surface area contributed by atoms with Crippen LogP contribution < -0.4 is 5.32 Å². The Kier molecular flexibility index (Phi) is 3.23. The van der Waals surface area contributed by atoms with Crippen molar-refractivity contribution < 1.29 is 13.3 Å². The van der Waals surface area contributed by atoms with Gasteiger partial charge in [0.2, 0.25) is 10.0 Å². The minimum absolute atomic E-state index is 0.213. The zero-order chi connectivity index (χ0) is 14.3. The van der Waals surface area contributed by atoms with Crippen LogP contribution in [0.3, 0.4) is 0 Å². The van der Waals surface area contributed by atoms with Gasteiger partial charge in [-0.3, -0.25) is 10.1 Å². The van der Waals surface area contributed by atoms with Crippen molar-refractivity contribution in [2.24, 2.45) is 11.8 Å². The van der Waals surface area contributed by atoms with Crippen molar-refractivity contribution in [1.29, 1.82) is 0 Å². The van der Waals surface area contributed by atoms with E-state index in [2.05, 4.69) is 5.32 Å². The fourth-order valence-electron chi connectivity index (χ4n) is 2.57. The normalized spacial score (nSPS) is 21.2. The molecule has 1 N–H and O–H groups in total. The topological polar surface area (TPSA) is 92.5 Å². The van der Waals surface area contributed by atoms with Gasteiger partial charge in [-0.1, -0.05) is 12.1 Å². The Morgan fingerprint density at radius 1 is 1.20 bits per heavy atom. The van der Waals surface area contributed by atoms with Crippen molar-refractivity contribution in [1.82, 2.24) is 9.62 Å². The summed E-state index contributed by atoms with van der Waals surface area (Å²) in [4.78, 5) is 10.1. The second-order valence-corrected chi connectivity index (χ2v) is 7.13. The van der Waals surface area contributed by atoms with Crippen molar-refractivity contribution in [3.05, 3.63) is 34.4 Å². The molecule has 7 nitrogen and oxygen atoms in total. The third kappa shape index (κ3) is 2.09.